The van der Waals surface area contributed by atoms with Crippen molar-refractivity contribution in [1.82, 2.24) is 0 Å². The van der Waals surface area contributed by atoms with Crippen molar-refractivity contribution in [3.63, 3.8) is 0 Å². The third kappa shape index (κ3) is 3.61. The summed E-state index contributed by atoms with van der Waals surface area (Å²) >= 11 is 0. The minimum Gasteiger partial charge on any atom is -0.471 e. The van der Waals surface area contributed by atoms with E-state index in [0.29, 0.717) is 17.6 Å². The van der Waals surface area contributed by atoms with Crippen LogP contribution in [0.5, 0.6) is 0 Å². The summed E-state index contributed by atoms with van der Waals surface area (Å²) in [6.07, 6.45) is -4.73. The van der Waals surface area contributed by atoms with E-state index in [1.54, 1.807) is 6.08 Å². The van der Waals surface area contributed by atoms with Crippen LogP contribution < -0.4 is 0 Å². The Bertz CT molecular complexity index is 615. The molecule has 5 N–H and O–H groups in total. The van der Waals surface area contributed by atoms with Crippen LogP contribution in [0.15, 0.2) is 23.5 Å². The second kappa shape index (κ2) is 8.23. The zero-order valence-electron chi connectivity index (χ0n) is 14.7. The number of carbonyl (C=O) groups excluding carboxylic acids is 1. The Morgan fingerprint density at radius 1 is 1.19 bits per heavy atom. The fraction of sp³-hybridized carbons (Fsp3) is 0.706. The average molecular weight is 388 g/mol. The normalized spacial score (nSPS) is 41.3. The molecule has 10 heteroatoms. The quantitative estimate of drug-likeness (QED) is 0.258. The van der Waals surface area contributed by atoms with Crippen molar-refractivity contribution in [2.75, 3.05) is 20.3 Å². The molecule has 3 aliphatic rings. The monoisotopic (exact) mass is 388 g/mol. The summed E-state index contributed by atoms with van der Waals surface area (Å²) in [7, 11) is 1.25. The van der Waals surface area contributed by atoms with E-state index in [9.17, 15) is 30.3 Å². The number of ether oxygens (including phenoxy) is 4. The second-order valence-electron chi connectivity index (χ2n) is 6.71. The van der Waals surface area contributed by atoms with Gasteiger partial charge in [-0.1, -0.05) is 6.08 Å². The van der Waals surface area contributed by atoms with Crippen molar-refractivity contribution in [2.45, 2.75) is 43.4 Å². The van der Waals surface area contributed by atoms with Crippen LogP contribution in [-0.2, 0) is 23.7 Å². The van der Waals surface area contributed by atoms with Gasteiger partial charge in [-0.3, -0.25) is 0 Å². The van der Waals surface area contributed by atoms with Crippen LogP contribution in [0.25, 0.3) is 0 Å². The Morgan fingerprint density at radius 3 is 2.56 bits per heavy atom. The van der Waals surface area contributed by atoms with Gasteiger partial charge in [0.1, 0.15) is 24.4 Å². The highest BCUT2D eigenvalue weighted by Crippen LogP contribution is 2.44. The van der Waals surface area contributed by atoms with Crippen LogP contribution in [0.4, 0.5) is 0 Å². The Morgan fingerprint density at radius 2 is 1.93 bits per heavy atom. The van der Waals surface area contributed by atoms with E-state index in [2.05, 4.69) is 0 Å². The van der Waals surface area contributed by atoms with Crippen LogP contribution in [0.2, 0.25) is 0 Å². The van der Waals surface area contributed by atoms with Crippen molar-refractivity contribution >= 4 is 5.97 Å². The molecule has 152 valence electrons. The Balaban J connectivity index is 1.80. The maximum atomic E-state index is 12.0. The van der Waals surface area contributed by atoms with E-state index in [0.717, 1.165) is 0 Å². The van der Waals surface area contributed by atoms with Gasteiger partial charge in [0.2, 0.25) is 6.29 Å². The summed E-state index contributed by atoms with van der Waals surface area (Å²) in [5.41, 5.74) is 0.903. The van der Waals surface area contributed by atoms with Gasteiger partial charge in [0, 0.05) is 5.92 Å². The number of hydrogen-bond acceptors (Lipinski definition) is 10. The van der Waals surface area contributed by atoms with Crippen LogP contribution in [0.3, 0.4) is 0 Å². The molecule has 0 radical (unpaired) electrons. The third-order valence-electron chi connectivity index (χ3n) is 5.24. The molecule has 2 aliphatic heterocycles. The van der Waals surface area contributed by atoms with Crippen LogP contribution in [0, 0.1) is 11.8 Å². The van der Waals surface area contributed by atoms with E-state index >= 15 is 0 Å². The van der Waals surface area contributed by atoms with Gasteiger partial charge in [-0.25, -0.2) is 4.79 Å². The highest BCUT2D eigenvalue weighted by atomic mass is 16.8. The molecule has 0 spiro atoms. The predicted molar refractivity (Wildman–Crippen MR) is 86.6 cm³/mol. The van der Waals surface area contributed by atoms with Crippen LogP contribution >= 0.6 is 0 Å². The second-order valence-corrected chi connectivity index (χ2v) is 6.71. The lowest BCUT2D eigenvalue weighted by molar-refractivity contribution is -0.339. The molecule has 0 amide bonds. The Hall–Kier alpha value is -1.53. The third-order valence-corrected chi connectivity index (χ3v) is 5.24. The van der Waals surface area contributed by atoms with Crippen LogP contribution in [-0.4, -0.2) is 88.8 Å². The van der Waals surface area contributed by atoms with Gasteiger partial charge >= 0.3 is 5.97 Å². The standard InChI is InChI=1S/C17H24O10/c1-24-15(23)9-6-25-16(11-7(4-18)2-3-8(9)11)27-17-14(22)13(21)12(20)10(5-19)26-17/h2,6,8,10-14,16-22H,3-5H2,1H3/t8-,10-,11+,12-,13+,14-,16+,17+/m0/s1. The first-order chi connectivity index (χ1) is 12.9. The fourth-order valence-electron chi connectivity index (χ4n) is 3.73. The number of carbonyl (C=O) groups is 1. The zero-order valence-corrected chi connectivity index (χ0v) is 14.7. The molecule has 10 nitrogen and oxygen atoms in total. The molecule has 8 atom stereocenters. The molecular weight excluding hydrogens is 364 g/mol. The molecule has 0 unspecified atom stereocenters. The topological polar surface area (TPSA) is 155 Å². The first-order valence-corrected chi connectivity index (χ1v) is 8.62. The number of aliphatic hydroxyl groups excluding tert-OH is 5. The lowest BCUT2D eigenvalue weighted by Gasteiger charge is -2.42. The SMILES string of the molecule is COC(=O)C1=CO[C@H](O[C@H]2O[C@@H](CO)[C@H](O)[C@@H](O)[C@@H]2O)[C@@H]2C(CO)=CC[C@@H]12. The number of allylic oxidation sites excluding steroid dienone is 1. The van der Waals surface area contributed by atoms with Gasteiger partial charge in [-0.15, -0.1) is 0 Å². The number of methoxy groups -OCH3 is 1. The number of rotatable bonds is 5. The lowest BCUT2D eigenvalue weighted by atomic mass is 9.83. The minimum absolute atomic E-state index is 0.270. The highest BCUT2D eigenvalue weighted by molar-refractivity contribution is 5.89. The molecule has 27 heavy (non-hydrogen) atoms. The van der Waals surface area contributed by atoms with Gasteiger partial charge in [-0.2, -0.15) is 0 Å². The molecular formula is C17H24O10. The largest absolute Gasteiger partial charge is 0.471 e. The maximum absolute atomic E-state index is 12.0. The van der Waals surface area contributed by atoms with E-state index in [4.69, 9.17) is 18.9 Å². The smallest absolute Gasteiger partial charge is 0.337 e. The molecule has 0 bridgehead atoms. The van der Waals surface area contributed by atoms with Gasteiger partial charge in [0.25, 0.3) is 0 Å². The summed E-state index contributed by atoms with van der Waals surface area (Å²) < 4.78 is 21.3. The van der Waals surface area contributed by atoms with Crippen molar-refractivity contribution in [3.8, 4) is 0 Å². The number of esters is 1. The number of aliphatic hydroxyl groups is 5. The molecule has 1 saturated heterocycles. The molecule has 1 aliphatic carbocycles. The Kier molecular flexibility index (Phi) is 6.16. The molecule has 0 aromatic heterocycles. The molecule has 0 saturated carbocycles. The number of fused-ring (bicyclic) bond motifs is 1. The number of hydrogen-bond donors (Lipinski definition) is 5. The summed E-state index contributed by atoms with van der Waals surface area (Å²) in [4.78, 5) is 12.0. The molecule has 3 rings (SSSR count). The Labute approximate surface area is 155 Å². The van der Waals surface area contributed by atoms with E-state index in [-0.39, 0.29) is 12.5 Å². The van der Waals surface area contributed by atoms with E-state index in [1.165, 1.54) is 13.4 Å². The summed E-state index contributed by atoms with van der Waals surface area (Å²) in [6, 6.07) is 0. The summed E-state index contributed by atoms with van der Waals surface area (Å²) in [5.74, 6) is -1.42. The van der Waals surface area contributed by atoms with E-state index in [1.807, 2.05) is 0 Å². The molecule has 2 heterocycles. The zero-order chi connectivity index (χ0) is 19.7. The fourth-order valence-corrected chi connectivity index (χ4v) is 3.73. The van der Waals surface area contributed by atoms with Gasteiger partial charge in [0.15, 0.2) is 6.29 Å². The van der Waals surface area contributed by atoms with Crippen LogP contribution in [0.1, 0.15) is 6.42 Å². The first-order valence-electron chi connectivity index (χ1n) is 8.62. The van der Waals surface area contributed by atoms with Crippen molar-refractivity contribution in [2.24, 2.45) is 11.8 Å². The first kappa shape index (κ1) is 20.2. The van der Waals surface area contributed by atoms with Gasteiger partial charge in [-0.05, 0) is 12.0 Å². The maximum Gasteiger partial charge on any atom is 0.337 e. The minimum atomic E-state index is -1.59. The molecule has 0 aromatic carbocycles. The summed E-state index contributed by atoms with van der Waals surface area (Å²) in [5, 5.41) is 48.8. The molecule has 1 fully saturated rings. The predicted octanol–water partition coefficient (Wildman–Crippen LogP) is -2.23. The van der Waals surface area contributed by atoms with E-state index < -0.39 is 55.5 Å². The van der Waals surface area contributed by atoms with Crippen molar-refractivity contribution in [1.29, 1.82) is 0 Å². The van der Waals surface area contributed by atoms with Gasteiger partial charge < -0.3 is 44.5 Å². The van der Waals surface area contributed by atoms with Crippen molar-refractivity contribution in [3.05, 3.63) is 23.5 Å². The molecule has 0 aromatic rings. The van der Waals surface area contributed by atoms with Gasteiger partial charge in [0.05, 0.1) is 38.1 Å². The lowest BCUT2D eigenvalue weighted by Crippen LogP contribution is -2.60. The highest BCUT2D eigenvalue weighted by Gasteiger charge is 2.49. The average Bonchev–Trinajstić information content (AvgIpc) is 3.12. The summed E-state index contributed by atoms with van der Waals surface area (Å²) in [6.45, 7) is -0.857. The van der Waals surface area contributed by atoms with Crippen molar-refractivity contribution < 1.29 is 49.3 Å².